The second-order valence-corrected chi connectivity index (χ2v) is 4.21. The lowest BCUT2D eigenvalue weighted by Gasteiger charge is -2.07. The van der Waals surface area contributed by atoms with Gasteiger partial charge in [0.2, 0.25) is 5.76 Å². The Labute approximate surface area is 111 Å². The Bertz CT molecular complexity index is 537. The predicted octanol–water partition coefficient (Wildman–Crippen LogP) is 1.84. The summed E-state index contributed by atoms with van der Waals surface area (Å²) in [5.74, 6) is -0.232. The molecule has 100 valence electrons. The molecule has 0 aliphatic heterocycles. The molecule has 0 radical (unpaired) electrons. The molecule has 5 nitrogen and oxygen atoms in total. The van der Waals surface area contributed by atoms with E-state index in [-0.39, 0.29) is 18.2 Å². The van der Waals surface area contributed by atoms with Gasteiger partial charge in [0.1, 0.15) is 5.69 Å². The minimum atomic E-state index is -0.541. The fourth-order valence-electron chi connectivity index (χ4n) is 1.57. The largest absolute Gasteiger partial charge is 0.391 e. The topological polar surface area (TPSA) is 75.4 Å². The van der Waals surface area contributed by atoms with Crippen molar-refractivity contribution in [2.45, 2.75) is 19.4 Å². The zero-order chi connectivity index (χ0) is 13.7. The smallest absolute Gasteiger partial charge is 0.290 e. The van der Waals surface area contributed by atoms with Gasteiger partial charge in [-0.25, -0.2) is 0 Å². The molecule has 0 fully saturated rings. The van der Waals surface area contributed by atoms with Crippen LogP contribution in [0.2, 0.25) is 0 Å². The van der Waals surface area contributed by atoms with E-state index in [0.29, 0.717) is 12.1 Å². The summed E-state index contributed by atoms with van der Waals surface area (Å²) in [6.45, 7) is 2.05. The Morgan fingerprint density at radius 1 is 1.42 bits per heavy atom. The zero-order valence-electron chi connectivity index (χ0n) is 10.7. The number of carbonyl (C=O) groups is 1. The van der Waals surface area contributed by atoms with E-state index in [4.69, 9.17) is 4.52 Å². The van der Waals surface area contributed by atoms with E-state index in [0.717, 1.165) is 5.56 Å². The highest BCUT2D eigenvalue weighted by atomic mass is 16.5. The van der Waals surface area contributed by atoms with Gasteiger partial charge in [0, 0.05) is 18.2 Å². The number of amides is 1. The van der Waals surface area contributed by atoms with Gasteiger partial charge in [-0.1, -0.05) is 42.4 Å². The molecule has 0 saturated heterocycles. The summed E-state index contributed by atoms with van der Waals surface area (Å²) in [7, 11) is 0. The third kappa shape index (κ3) is 3.42. The van der Waals surface area contributed by atoms with Crippen LogP contribution in [-0.4, -0.2) is 28.8 Å². The molecule has 19 heavy (non-hydrogen) atoms. The van der Waals surface area contributed by atoms with Crippen molar-refractivity contribution < 1.29 is 14.4 Å². The Hall–Kier alpha value is -2.14. The molecule has 0 saturated carbocycles. The molecule has 2 aromatic rings. The first-order chi connectivity index (χ1) is 9.20. The predicted molar refractivity (Wildman–Crippen MR) is 70.6 cm³/mol. The maximum absolute atomic E-state index is 11.8. The van der Waals surface area contributed by atoms with Gasteiger partial charge in [0.05, 0.1) is 6.10 Å². The number of aliphatic hydroxyl groups is 1. The van der Waals surface area contributed by atoms with Crippen molar-refractivity contribution >= 4 is 5.91 Å². The number of aliphatic hydroxyl groups excluding tert-OH is 1. The summed E-state index contributed by atoms with van der Waals surface area (Å²) in [5.41, 5.74) is 1.50. The molecule has 2 rings (SSSR count). The lowest BCUT2D eigenvalue weighted by atomic mass is 10.1. The fraction of sp³-hybridized carbons (Fsp3) is 0.286. The van der Waals surface area contributed by atoms with Crippen molar-refractivity contribution in [1.29, 1.82) is 0 Å². The highest BCUT2D eigenvalue weighted by Gasteiger charge is 2.14. The Morgan fingerprint density at radius 3 is 2.84 bits per heavy atom. The minimum absolute atomic E-state index is 0.141. The second-order valence-electron chi connectivity index (χ2n) is 4.21. The van der Waals surface area contributed by atoms with Crippen molar-refractivity contribution in [1.82, 2.24) is 10.5 Å². The van der Waals surface area contributed by atoms with E-state index in [1.165, 1.54) is 0 Å². The monoisotopic (exact) mass is 260 g/mol. The van der Waals surface area contributed by atoms with Crippen molar-refractivity contribution in [2.75, 3.05) is 6.54 Å². The molecular weight excluding hydrogens is 244 g/mol. The average Bonchev–Trinajstić information content (AvgIpc) is 2.95. The standard InChI is InChI=1S/C14H16N2O3/c1-2-11(17)9-15-14(18)13-8-12(16-19-13)10-6-4-3-5-7-10/h3-8,11,17H,2,9H2,1H3,(H,15,18). The van der Waals surface area contributed by atoms with Crippen LogP contribution in [0.5, 0.6) is 0 Å². The summed E-state index contributed by atoms with van der Waals surface area (Å²) in [5, 5.41) is 15.8. The van der Waals surface area contributed by atoms with Crippen LogP contribution in [0.4, 0.5) is 0 Å². The van der Waals surface area contributed by atoms with Crippen LogP contribution < -0.4 is 5.32 Å². The third-order valence-corrected chi connectivity index (χ3v) is 2.77. The molecule has 1 unspecified atom stereocenters. The van der Waals surface area contributed by atoms with E-state index in [1.807, 2.05) is 37.3 Å². The Balaban J connectivity index is 2.03. The van der Waals surface area contributed by atoms with Gasteiger partial charge in [0.15, 0.2) is 0 Å². The van der Waals surface area contributed by atoms with Crippen LogP contribution in [0.15, 0.2) is 40.9 Å². The van der Waals surface area contributed by atoms with Gasteiger partial charge in [-0.05, 0) is 6.42 Å². The minimum Gasteiger partial charge on any atom is -0.391 e. The first-order valence-electron chi connectivity index (χ1n) is 6.19. The highest BCUT2D eigenvalue weighted by Crippen LogP contribution is 2.18. The van der Waals surface area contributed by atoms with Gasteiger partial charge in [0.25, 0.3) is 5.91 Å². The molecule has 1 atom stereocenters. The van der Waals surface area contributed by atoms with Gasteiger partial charge >= 0.3 is 0 Å². The summed E-state index contributed by atoms with van der Waals surface area (Å²) in [4.78, 5) is 11.8. The van der Waals surface area contributed by atoms with Crippen LogP contribution in [0, 0.1) is 0 Å². The van der Waals surface area contributed by atoms with Crippen LogP contribution in [0.1, 0.15) is 23.9 Å². The molecule has 5 heteroatoms. The number of nitrogens with one attached hydrogen (secondary N) is 1. The average molecular weight is 260 g/mol. The van der Waals surface area contributed by atoms with Crippen molar-refractivity contribution in [3.63, 3.8) is 0 Å². The van der Waals surface area contributed by atoms with Crippen molar-refractivity contribution in [3.8, 4) is 11.3 Å². The van der Waals surface area contributed by atoms with E-state index < -0.39 is 6.10 Å². The molecule has 0 aliphatic carbocycles. The number of nitrogens with zero attached hydrogens (tertiary/aromatic N) is 1. The van der Waals surface area contributed by atoms with Crippen LogP contribution in [0.3, 0.4) is 0 Å². The molecular formula is C14H16N2O3. The molecule has 1 amide bonds. The third-order valence-electron chi connectivity index (χ3n) is 2.77. The first kappa shape index (κ1) is 13.3. The number of rotatable bonds is 5. The van der Waals surface area contributed by atoms with Crippen LogP contribution in [0.25, 0.3) is 11.3 Å². The number of carbonyl (C=O) groups excluding carboxylic acids is 1. The summed E-state index contributed by atoms with van der Waals surface area (Å²) < 4.78 is 5.00. The lowest BCUT2D eigenvalue weighted by molar-refractivity contribution is 0.0878. The van der Waals surface area contributed by atoms with Crippen LogP contribution in [-0.2, 0) is 0 Å². The number of hydrogen-bond acceptors (Lipinski definition) is 4. The Kier molecular flexibility index (Phi) is 4.30. The number of hydrogen-bond donors (Lipinski definition) is 2. The molecule has 1 aromatic carbocycles. The lowest BCUT2D eigenvalue weighted by Crippen LogP contribution is -2.31. The molecule has 0 aliphatic rings. The van der Waals surface area contributed by atoms with Gasteiger partial charge in [-0.15, -0.1) is 0 Å². The normalized spacial score (nSPS) is 12.1. The van der Waals surface area contributed by atoms with Crippen LogP contribution >= 0.6 is 0 Å². The molecule has 1 heterocycles. The van der Waals surface area contributed by atoms with Crippen molar-refractivity contribution in [2.24, 2.45) is 0 Å². The van der Waals surface area contributed by atoms with Gasteiger partial charge in [-0.2, -0.15) is 0 Å². The number of aromatic nitrogens is 1. The van der Waals surface area contributed by atoms with E-state index in [9.17, 15) is 9.90 Å². The molecule has 0 spiro atoms. The van der Waals surface area contributed by atoms with Gasteiger partial charge in [-0.3, -0.25) is 4.79 Å². The van der Waals surface area contributed by atoms with Crippen molar-refractivity contribution in [3.05, 3.63) is 42.2 Å². The zero-order valence-corrected chi connectivity index (χ0v) is 10.7. The second kappa shape index (κ2) is 6.15. The summed E-state index contributed by atoms with van der Waals surface area (Å²) in [6.07, 6.45) is 0.0480. The Morgan fingerprint density at radius 2 is 2.16 bits per heavy atom. The van der Waals surface area contributed by atoms with E-state index in [2.05, 4.69) is 10.5 Å². The SMILES string of the molecule is CCC(O)CNC(=O)c1cc(-c2ccccc2)no1. The summed E-state index contributed by atoms with van der Waals surface area (Å²) >= 11 is 0. The van der Waals surface area contributed by atoms with Gasteiger partial charge < -0.3 is 14.9 Å². The molecule has 2 N–H and O–H groups in total. The highest BCUT2D eigenvalue weighted by molar-refractivity contribution is 5.92. The molecule has 1 aromatic heterocycles. The maximum atomic E-state index is 11.8. The maximum Gasteiger partial charge on any atom is 0.290 e. The van der Waals surface area contributed by atoms with E-state index in [1.54, 1.807) is 6.07 Å². The quantitative estimate of drug-likeness (QED) is 0.860. The number of benzene rings is 1. The van der Waals surface area contributed by atoms with E-state index >= 15 is 0 Å². The summed E-state index contributed by atoms with van der Waals surface area (Å²) in [6, 6.07) is 11.1. The molecule has 0 bridgehead atoms. The fourth-order valence-corrected chi connectivity index (χ4v) is 1.57. The first-order valence-corrected chi connectivity index (χ1v) is 6.19.